The van der Waals surface area contributed by atoms with Crippen molar-refractivity contribution in [2.45, 2.75) is 13.1 Å². The van der Waals surface area contributed by atoms with E-state index in [-0.39, 0.29) is 12.2 Å². The van der Waals surface area contributed by atoms with Crippen molar-refractivity contribution in [2.75, 3.05) is 6.61 Å². The molecule has 0 amide bonds. The Morgan fingerprint density at radius 1 is 1.35 bits per heavy atom. The van der Waals surface area contributed by atoms with Gasteiger partial charge in [0, 0.05) is 6.08 Å². The highest BCUT2D eigenvalue weighted by molar-refractivity contribution is 5.90. The van der Waals surface area contributed by atoms with Crippen molar-refractivity contribution in [3.05, 3.63) is 51.2 Å². The fraction of sp³-hybridized carbons (Fsp3) is 0.250. The average Bonchev–Trinajstić information content (AvgIpc) is 2.35. The maximum Gasteiger partial charge on any atom is 0.416 e. The van der Waals surface area contributed by atoms with Gasteiger partial charge < -0.3 is 4.74 Å². The van der Waals surface area contributed by atoms with Gasteiger partial charge in [-0.1, -0.05) is 12.1 Å². The van der Waals surface area contributed by atoms with Crippen molar-refractivity contribution in [1.82, 2.24) is 0 Å². The first-order valence-electron chi connectivity index (χ1n) is 5.46. The van der Waals surface area contributed by atoms with Crippen LogP contribution in [0.1, 0.15) is 18.1 Å². The number of ether oxygens (including phenoxy) is 1. The summed E-state index contributed by atoms with van der Waals surface area (Å²) in [6, 6.07) is 3.61. The summed E-state index contributed by atoms with van der Waals surface area (Å²) in [5.41, 5.74) is -1.63. The number of benzene rings is 1. The van der Waals surface area contributed by atoms with Crippen LogP contribution in [0.2, 0.25) is 0 Å². The molecule has 0 aliphatic rings. The van der Waals surface area contributed by atoms with Gasteiger partial charge in [-0.15, -0.1) is 0 Å². The van der Waals surface area contributed by atoms with Gasteiger partial charge in [-0.2, -0.15) is 13.2 Å². The largest absolute Gasteiger partial charge is 0.458 e. The first-order valence-corrected chi connectivity index (χ1v) is 5.46. The molecule has 0 saturated carbocycles. The molecule has 5 nitrogen and oxygen atoms in total. The van der Waals surface area contributed by atoms with Crippen molar-refractivity contribution >= 4 is 12.0 Å². The smallest absolute Gasteiger partial charge is 0.416 e. The van der Waals surface area contributed by atoms with E-state index in [1.807, 2.05) is 0 Å². The second kappa shape index (κ2) is 6.18. The van der Waals surface area contributed by atoms with Gasteiger partial charge in [0.15, 0.2) is 0 Å². The van der Waals surface area contributed by atoms with Gasteiger partial charge in [0.05, 0.1) is 17.1 Å². The summed E-state index contributed by atoms with van der Waals surface area (Å²) in [5.74, 6) is -1.14. The quantitative estimate of drug-likeness (QED) is 0.370. The Kier molecular flexibility index (Phi) is 4.84. The number of hydrogen-bond acceptors (Lipinski definition) is 4. The molecular formula is C12H10F3NO4. The average molecular weight is 289 g/mol. The molecule has 0 aliphatic heterocycles. The number of alkyl halides is 3. The molecule has 0 unspecified atom stereocenters. The van der Waals surface area contributed by atoms with Gasteiger partial charge >= 0.3 is 17.8 Å². The summed E-state index contributed by atoms with van der Waals surface area (Å²) in [6.07, 6.45) is -3.63. The predicted molar refractivity (Wildman–Crippen MR) is 63.0 cm³/mol. The Morgan fingerprint density at radius 3 is 2.30 bits per heavy atom. The first kappa shape index (κ1) is 15.7. The number of carbonyl (C=O) groups is 1. The highest BCUT2D eigenvalue weighted by Crippen LogP contribution is 2.29. The van der Waals surface area contributed by atoms with Crippen molar-refractivity contribution in [3.63, 3.8) is 0 Å². The molecule has 1 aromatic carbocycles. The molecule has 0 spiro atoms. The van der Waals surface area contributed by atoms with Crippen LogP contribution in [0.15, 0.2) is 30.0 Å². The third kappa shape index (κ3) is 4.08. The predicted octanol–water partition coefficient (Wildman–Crippen LogP) is 2.89. The van der Waals surface area contributed by atoms with E-state index in [9.17, 15) is 28.1 Å². The van der Waals surface area contributed by atoms with E-state index in [0.29, 0.717) is 0 Å². The standard InChI is InChI=1S/C12H10F3NO4/c1-2-20-11(17)10(16(18)19)7-8-3-5-9(6-4-8)12(13,14)15/h3-7H,2H2,1H3/b10-7+. The molecule has 0 bridgehead atoms. The molecule has 0 N–H and O–H groups in total. The molecule has 0 aliphatic carbocycles. The molecule has 0 fully saturated rings. The van der Waals surface area contributed by atoms with Crippen LogP contribution in [0.25, 0.3) is 6.08 Å². The van der Waals surface area contributed by atoms with Gasteiger partial charge in [-0.05, 0) is 24.6 Å². The molecule has 20 heavy (non-hydrogen) atoms. The minimum atomic E-state index is -4.49. The number of hydrogen-bond donors (Lipinski definition) is 0. The van der Waals surface area contributed by atoms with Crippen molar-refractivity contribution in [3.8, 4) is 0 Å². The number of carbonyl (C=O) groups excluding carboxylic acids is 1. The molecule has 0 aromatic heterocycles. The summed E-state index contributed by atoms with van der Waals surface area (Å²) in [6.45, 7) is 1.44. The Balaban J connectivity index is 3.07. The molecule has 8 heteroatoms. The molecule has 0 atom stereocenters. The first-order chi connectivity index (χ1) is 9.25. The fourth-order valence-corrected chi connectivity index (χ4v) is 1.32. The topological polar surface area (TPSA) is 69.4 Å². The minimum Gasteiger partial charge on any atom is -0.458 e. The normalized spacial score (nSPS) is 12.1. The van der Waals surface area contributed by atoms with Crippen LogP contribution in [-0.2, 0) is 15.7 Å². The second-order valence-electron chi connectivity index (χ2n) is 3.63. The number of halogens is 3. The van der Waals surface area contributed by atoms with Crippen molar-refractivity contribution < 1.29 is 27.6 Å². The zero-order chi connectivity index (χ0) is 15.3. The number of esters is 1. The second-order valence-corrected chi connectivity index (χ2v) is 3.63. The van der Waals surface area contributed by atoms with Crippen LogP contribution < -0.4 is 0 Å². The highest BCUT2D eigenvalue weighted by Gasteiger charge is 2.30. The van der Waals surface area contributed by atoms with Crippen LogP contribution >= 0.6 is 0 Å². The Labute approximate surface area is 111 Å². The minimum absolute atomic E-state index is 0.0446. The van der Waals surface area contributed by atoms with Gasteiger partial charge in [0.2, 0.25) is 0 Å². The van der Waals surface area contributed by atoms with E-state index < -0.39 is 28.3 Å². The van der Waals surface area contributed by atoms with Gasteiger partial charge in [-0.3, -0.25) is 10.1 Å². The Bertz CT molecular complexity index is 535. The molecule has 0 saturated heterocycles. The molecule has 108 valence electrons. The van der Waals surface area contributed by atoms with Crippen LogP contribution in [0.4, 0.5) is 13.2 Å². The highest BCUT2D eigenvalue weighted by atomic mass is 19.4. The lowest BCUT2D eigenvalue weighted by Crippen LogP contribution is -2.14. The van der Waals surface area contributed by atoms with Crippen LogP contribution in [0.5, 0.6) is 0 Å². The summed E-state index contributed by atoms with van der Waals surface area (Å²) in [7, 11) is 0. The summed E-state index contributed by atoms with van der Waals surface area (Å²) in [5, 5.41) is 10.7. The van der Waals surface area contributed by atoms with Gasteiger partial charge in [0.25, 0.3) is 0 Å². The lowest BCUT2D eigenvalue weighted by atomic mass is 10.1. The van der Waals surface area contributed by atoms with Gasteiger partial charge in [-0.25, -0.2) is 4.79 Å². The molecule has 1 aromatic rings. The summed E-state index contributed by atoms with van der Waals surface area (Å²) >= 11 is 0. The third-order valence-corrected chi connectivity index (χ3v) is 2.22. The molecule has 0 heterocycles. The lowest BCUT2D eigenvalue weighted by molar-refractivity contribution is -0.419. The van der Waals surface area contributed by atoms with E-state index in [0.717, 1.165) is 30.3 Å². The van der Waals surface area contributed by atoms with Gasteiger partial charge in [0.1, 0.15) is 0 Å². The third-order valence-electron chi connectivity index (χ3n) is 2.22. The zero-order valence-corrected chi connectivity index (χ0v) is 10.3. The Hall–Kier alpha value is -2.38. The van der Waals surface area contributed by atoms with E-state index in [4.69, 9.17) is 0 Å². The summed E-state index contributed by atoms with van der Waals surface area (Å²) < 4.78 is 41.5. The van der Waals surface area contributed by atoms with E-state index >= 15 is 0 Å². The van der Waals surface area contributed by atoms with Crippen molar-refractivity contribution in [1.29, 1.82) is 0 Å². The zero-order valence-electron chi connectivity index (χ0n) is 10.3. The summed E-state index contributed by atoms with van der Waals surface area (Å²) in [4.78, 5) is 21.1. The Morgan fingerprint density at radius 2 is 1.90 bits per heavy atom. The van der Waals surface area contributed by atoms with Crippen LogP contribution in [0, 0.1) is 10.1 Å². The SMILES string of the molecule is CCOC(=O)/C(=C\c1ccc(C(F)(F)F)cc1)[N+](=O)[O-]. The number of nitrogens with zero attached hydrogens (tertiary/aromatic N) is 1. The molecule has 0 radical (unpaired) electrons. The number of nitro groups is 1. The van der Waals surface area contributed by atoms with E-state index in [1.165, 1.54) is 6.92 Å². The molecular weight excluding hydrogens is 279 g/mol. The molecule has 1 rings (SSSR count). The van der Waals surface area contributed by atoms with Crippen molar-refractivity contribution in [2.24, 2.45) is 0 Å². The maximum absolute atomic E-state index is 12.3. The number of rotatable bonds is 4. The maximum atomic E-state index is 12.3. The monoisotopic (exact) mass is 289 g/mol. The lowest BCUT2D eigenvalue weighted by Gasteiger charge is -2.06. The van der Waals surface area contributed by atoms with E-state index in [2.05, 4.69) is 4.74 Å². The van der Waals surface area contributed by atoms with Crippen LogP contribution in [0.3, 0.4) is 0 Å². The fourth-order valence-electron chi connectivity index (χ4n) is 1.32. The van der Waals surface area contributed by atoms with E-state index in [1.54, 1.807) is 0 Å². The van der Waals surface area contributed by atoms with Crippen LogP contribution in [-0.4, -0.2) is 17.5 Å².